The number of hydrogen-bond donors (Lipinski definition) is 2. The summed E-state index contributed by atoms with van der Waals surface area (Å²) in [5.74, 6) is 0. The standard InChI is InChI=1S/C12H12N4.2ClH/c13-9-5-1-3-7-11(9)15-16-12-8-4-2-6-10(12)14;;/h1-8H,13-14H2;2*1H/b16-15+;;. The van der Waals surface area contributed by atoms with Gasteiger partial charge < -0.3 is 11.5 Å². The highest BCUT2D eigenvalue weighted by Gasteiger charge is 1.96. The summed E-state index contributed by atoms with van der Waals surface area (Å²) in [6, 6.07) is 14.6. The molecule has 0 aliphatic carbocycles. The van der Waals surface area contributed by atoms with Crippen molar-refractivity contribution in [3.8, 4) is 0 Å². The lowest BCUT2D eigenvalue weighted by Gasteiger charge is -1.99. The summed E-state index contributed by atoms with van der Waals surface area (Å²) in [6.07, 6.45) is 0. The molecule has 4 nitrogen and oxygen atoms in total. The van der Waals surface area contributed by atoms with Crippen LogP contribution in [-0.4, -0.2) is 0 Å². The van der Waals surface area contributed by atoms with E-state index in [-0.39, 0.29) is 24.8 Å². The summed E-state index contributed by atoms with van der Waals surface area (Å²) >= 11 is 0. The number of anilines is 2. The molecule has 0 aromatic heterocycles. The summed E-state index contributed by atoms with van der Waals surface area (Å²) in [7, 11) is 0. The number of nitrogens with two attached hydrogens (primary N) is 2. The summed E-state index contributed by atoms with van der Waals surface area (Å²) in [4.78, 5) is 0. The first-order valence-corrected chi connectivity index (χ1v) is 4.88. The van der Waals surface area contributed by atoms with Gasteiger partial charge in [0.25, 0.3) is 0 Å². The van der Waals surface area contributed by atoms with Crippen LogP contribution in [0.5, 0.6) is 0 Å². The van der Waals surface area contributed by atoms with Crippen molar-refractivity contribution in [1.29, 1.82) is 0 Å². The largest absolute Gasteiger partial charge is 0.397 e. The van der Waals surface area contributed by atoms with Crippen LogP contribution in [0.4, 0.5) is 22.7 Å². The van der Waals surface area contributed by atoms with E-state index >= 15 is 0 Å². The lowest BCUT2D eigenvalue weighted by atomic mass is 10.3. The van der Waals surface area contributed by atoms with Gasteiger partial charge in [-0.05, 0) is 24.3 Å². The van der Waals surface area contributed by atoms with Gasteiger partial charge in [0.15, 0.2) is 0 Å². The minimum Gasteiger partial charge on any atom is -0.397 e. The topological polar surface area (TPSA) is 76.8 Å². The summed E-state index contributed by atoms with van der Waals surface area (Å²) < 4.78 is 0. The molecule has 0 spiro atoms. The molecular weight excluding hydrogens is 271 g/mol. The number of halogens is 2. The van der Waals surface area contributed by atoms with Crippen molar-refractivity contribution in [1.82, 2.24) is 0 Å². The first kappa shape index (κ1) is 16.2. The highest BCUT2D eigenvalue weighted by molar-refractivity contribution is 5.85. The molecule has 0 fully saturated rings. The molecule has 2 aromatic carbocycles. The third-order valence-corrected chi connectivity index (χ3v) is 2.14. The van der Waals surface area contributed by atoms with Gasteiger partial charge in [-0.1, -0.05) is 24.3 Å². The Hall–Kier alpha value is -1.78. The number of hydrogen-bond acceptors (Lipinski definition) is 4. The van der Waals surface area contributed by atoms with E-state index in [2.05, 4.69) is 10.2 Å². The maximum atomic E-state index is 5.74. The lowest BCUT2D eigenvalue weighted by Crippen LogP contribution is -1.84. The lowest BCUT2D eigenvalue weighted by molar-refractivity contribution is 1.23. The second-order valence-electron chi connectivity index (χ2n) is 3.32. The van der Waals surface area contributed by atoms with Crippen molar-refractivity contribution < 1.29 is 0 Å². The molecule has 0 radical (unpaired) electrons. The number of para-hydroxylation sites is 2. The van der Waals surface area contributed by atoms with Gasteiger partial charge in [0.2, 0.25) is 0 Å². The van der Waals surface area contributed by atoms with Gasteiger partial charge in [0.1, 0.15) is 11.4 Å². The van der Waals surface area contributed by atoms with Gasteiger partial charge in [0, 0.05) is 0 Å². The number of nitrogen functional groups attached to an aromatic ring is 2. The van der Waals surface area contributed by atoms with Crippen LogP contribution in [0.1, 0.15) is 0 Å². The molecule has 96 valence electrons. The monoisotopic (exact) mass is 284 g/mol. The molecule has 0 aliphatic rings. The second-order valence-corrected chi connectivity index (χ2v) is 3.32. The number of nitrogens with zero attached hydrogens (tertiary/aromatic N) is 2. The highest BCUT2D eigenvalue weighted by Crippen LogP contribution is 2.26. The summed E-state index contributed by atoms with van der Waals surface area (Å²) in [5, 5.41) is 8.11. The molecule has 18 heavy (non-hydrogen) atoms. The maximum absolute atomic E-state index is 5.74. The molecule has 0 amide bonds. The fourth-order valence-corrected chi connectivity index (χ4v) is 1.26. The Balaban J connectivity index is 0.00000144. The van der Waals surface area contributed by atoms with Crippen LogP contribution in [0, 0.1) is 0 Å². The maximum Gasteiger partial charge on any atom is 0.109 e. The van der Waals surface area contributed by atoms with Crippen LogP contribution < -0.4 is 11.5 Å². The van der Waals surface area contributed by atoms with E-state index in [0.717, 1.165) is 0 Å². The zero-order valence-corrected chi connectivity index (χ0v) is 11.1. The van der Waals surface area contributed by atoms with Crippen LogP contribution in [0.25, 0.3) is 0 Å². The van der Waals surface area contributed by atoms with Crippen molar-refractivity contribution >= 4 is 47.6 Å². The minimum absolute atomic E-state index is 0. The van der Waals surface area contributed by atoms with Crippen molar-refractivity contribution in [2.75, 3.05) is 11.5 Å². The Labute approximate surface area is 118 Å². The fourth-order valence-electron chi connectivity index (χ4n) is 1.26. The molecule has 0 atom stereocenters. The Morgan fingerprint density at radius 2 is 0.944 bits per heavy atom. The first-order valence-electron chi connectivity index (χ1n) is 4.88. The Morgan fingerprint density at radius 3 is 1.28 bits per heavy atom. The number of benzene rings is 2. The molecule has 2 aromatic rings. The molecular formula is C12H14Cl2N4. The second kappa shape index (κ2) is 7.53. The van der Waals surface area contributed by atoms with E-state index in [1.807, 2.05) is 24.3 Å². The number of rotatable bonds is 2. The SMILES string of the molecule is Cl.Cl.Nc1ccccc1/N=N/c1ccccc1N. The van der Waals surface area contributed by atoms with Crippen LogP contribution in [0.2, 0.25) is 0 Å². The average Bonchev–Trinajstić information content (AvgIpc) is 2.30. The molecule has 2 rings (SSSR count). The van der Waals surface area contributed by atoms with Crippen LogP contribution in [-0.2, 0) is 0 Å². The van der Waals surface area contributed by atoms with E-state index in [1.165, 1.54) is 0 Å². The van der Waals surface area contributed by atoms with Crippen molar-refractivity contribution in [3.63, 3.8) is 0 Å². The zero-order valence-electron chi connectivity index (χ0n) is 9.48. The van der Waals surface area contributed by atoms with Crippen molar-refractivity contribution in [3.05, 3.63) is 48.5 Å². The van der Waals surface area contributed by atoms with E-state index < -0.39 is 0 Å². The highest BCUT2D eigenvalue weighted by atomic mass is 35.5. The van der Waals surface area contributed by atoms with Gasteiger partial charge in [-0.15, -0.1) is 35.0 Å². The van der Waals surface area contributed by atoms with E-state index in [1.54, 1.807) is 24.3 Å². The third-order valence-electron chi connectivity index (χ3n) is 2.14. The number of azo groups is 1. The Morgan fingerprint density at radius 1 is 0.611 bits per heavy atom. The zero-order chi connectivity index (χ0) is 11.4. The predicted molar refractivity (Wildman–Crippen MR) is 80.4 cm³/mol. The first-order chi connectivity index (χ1) is 7.77. The smallest absolute Gasteiger partial charge is 0.109 e. The van der Waals surface area contributed by atoms with Crippen molar-refractivity contribution in [2.45, 2.75) is 0 Å². The Bertz CT molecular complexity index is 481. The molecule has 4 N–H and O–H groups in total. The van der Waals surface area contributed by atoms with E-state index in [0.29, 0.717) is 22.7 Å². The van der Waals surface area contributed by atoms with Crippen LogP contribution >= 0.6 is 24.8 Å². The van der Waals surface area contributed by atoms with Gasteiger partial charge in [-0.3, -0.25) is 0 Å². The minimum atomic E-state index is 0. The predicted octanol–water partition coefficient (Wildman–Crippen LogP) is 4.11. The normalized spacial score (nSPS) is 9.56. The third kappa shape index (κ3) is 3.91. The van der Waals surface area contributed by atoms with Gasteiger partial charge in [0.05, 0.1) is 11.4 Å². The van der Waals surface area contributed by atoms with Crippen LogP contribution in [0.15, 0.2) is 58.8 Å². The molecule has 0 saturated carbocycles. The van der Waals surface area contributed by atoms with Crippen molar-refractivity contribution in [2.24, 2.45) is 10.2 Å². The van der Waals surface area contributed by atoms with E-state index in [4.69, 9.17) is 11.5 Å². The quantitative estimate of drug-likeness (QED) is 0.643. The van der Waals surface area contributed by atoms with E-state index in [9.17, 15) is 0 Å². The Kier molecular flexibility index (Phi) is 6.78. The average molecular weight is 285 g/mol. The van der Waals surface area contributed by atoms with Gasteiger partial charge in [-0.25, -0.2) is 0 Å². The molecule has 0 aliphatic heterocycles. The molecule has 0 heterocycles. The molecule has 6 heteroatoms. The molecule has 0 unspecified atom stereocenters. The summed E-state index contributed by atoms with van der Waals surface area (Å²) in [6.45, 7) is 0. The van der Waals surface area contributed by atoms with Gasteiger partial charge in [-0.2, -0.15) is 0 Å². The van der Waals surface area contributed by atoms with Gasteiger partial charge >= 0.3 is 0 Å². The molecule has 0 bridgehead atoms. The fraction of sp³-hybridized carbons (Fsp3) is 0. The molecule has 0 saturated heterocycles. The summed E-state index contributed by atoms with van der Waals surface area (Å²) in [5.41, 5.74) is 14.0. The van der Waals surface area contributed by atoms with Crippen LogP contribution in [0.3, 0.4) is 0 Å².